The Bertz CT molecular complexity index is 390. The molecule has 1 aliphatic heterocycles. The van der Waals surface area contributed by atoms with Crippen LogP contribution < -0.4 is 10.2 Å². The lowest BCUT2D eigenvalue weighted by atomic mass is 10.1. The van der Waals surface area contributed by atoms with Crippen molar-refractivity contribution in [3.8, 4) is 0 Å². The Labute approximate surface area is 109 Å². The van der Waals surface area contributed by atoms with Gasteiger partial charge in [0.25, 0.3) is 0 Å². The third-order valence-corrected chi connectivity index (χ3v) is 3.45. The average Bonchev–Trinajstić information content (AvgIpc) is 2.71. The minimum absolute atomic E-state index is 0.123. The Morgan fingerprint density at radius 3 is 2.94 bits per heavy atom. The van der Waals surface area contributed by atoms with Crippen molar-refractivity contribution in [3.63, 3.8) is 0 Å². The van der Waals surface area contributed by atoms with Gasteiger partial charge >= 0.3 is 0 Å². The zero-order chi connectivity index (χ0) is 13.0. The molecule has 0 aromatic heterocycles. The molecule has 0 spiro atoms. The Morgan fingerprint density at radius 1 is 1.33 bits per heavy atom. The first-order chi connectivity index (χ1) is 8.66. The normalized spacial score (nSPS) is 14.3. The minimum atomic E-state index is -0.123. The highest BCUT2D eigenvalue weighted by atomic mass is 19.1. The summed E-state index contributed by atoms with van der Waals surface area (Å²) in [5, 5.41) is 3.42. The molecule has 2 nitrogen and oxygen atoms in total. The second kappa shape index (κ2) is 6.19. The quantitative estimate of drug-likeness (QED) is 0.781. The monoisotopic (exact) mass is 250 g/mol. The highest BCUT2D eigenvalue weighted by Crippen LogP contribution is 2.28. The topological polar surface area (TPSA) is 15.3 Å². The van der Waals surface area contributed by atoms with E-state index in [0.717, 1.165) is 38.2 Å². The summed E-state index contributed by atoms with van der Waals surface area (Å²) in [5.74, 6) is -0.123. The van der Waals surface area contributed by atoms with Crippen molar-refractivity contribution in [2.24, 2.45) is 0 Å². The van der Waals surface area contributed by atoms with Gasteiger partial charge in [0.2, 0.25) is 0 Å². The van der Waals surface area contributed by atoms with E-state index in [-0.39, 0.29) is 5.82 Å². The maximum Gasteiger partial charge on any atom is 0.125 e. The van der Waals surface area contributed by atoms with Crippen molar-refractivity contribution in [2.75, 3.05) is 24.5 Å². The first-order valence-corrected chi connectivity index (χ1v) is 6.93. The largest absolute Gasteiger partial charge is 0.371 e. The average molecular weight is 250 g/mol. The predicted octanol–water partition coefficient (Wildman–Crippen LogP) is 2.97. The van der Waals surface area contributed by atoms with Gasteiger partial charge in [-0.25, -0.2) is 4.39 Å². The van der Waals surface area contributed by atoms with Crippen molar-refractivity contribution in [1.82, 2.24) is 5.32 Å². The lowest BCUT2D eigenvalue weighted by molar-refractivity contribution is 0.555. The number of fused-ring (bicyclic) bond motifs is 1. The van der Waals surface area contributed by atoms with Gasteiger partial charge in [-0.05, 0) is 43.5 Å². The molecule has 1 N–H and O–H groups in total. The van der Waals surface area contributed by atoms with Gasteiger partial charge in [-0.2, -0.15) is 0 Å². The van der Waals surface area contributed by atoms with Crippen LogP contribution in [0.3, 0.4) is 0 Å². The van der Waals surface area contributed by atoms with Crippen LogP contribution in [0.4, 0.5) is 10.1 Å². The summed E-state index contributed by atoms with van der Waals surface area (Å²) in [5.41, 5.74) is 2.39. The second-order valence-corrected chi connectivity index (χ2v) is 5.33. The maximum atomic E-state index is 13.2. The van der Waals surface area contributed by atoms with Crippen LogP contribution in [0.5, 0.6) is 0 Å². The van der Waals surface area contributed by atoms with Crippen LogP contribution in [0.2, 0.25) is 0 Å². The standard InChI is InChI=1S/C15H23FN2/c1-12(2)17-8-3-4-9-18-10-7-13-5-6-14(16)11-15(13)18/h5-6,11-12,17H,3-4,7-10H2,1-2H3. The summed E-state index contributed by atoms with van der Waals surface area (Å²) in [6.45, 7) is 7.48. The molecule has 0 saturated carbocycles. The Morgan fingerprint density at radius 2 is 2.17 bits per heavy atom. The number of nitrogens with zero attached hydrogens (tertiary/aromatic N) is 1. The summed E-state index contributed by atoms with van der Waals surface area (Å²) < 4.78 is 13.2. The summed E-state index contributed by atoms with van der Waals surface area (Å²) in [6.07, 6.45) is 3.40. The number of halogens is 1. The minimum Gasteiger partial charge on any atom is -0.371 e. The van der Waals surface area contributed by atoms with Crippen molar-refractivity contribution < 1.29 is 4.39 Å². The van der Waals surface area contributed by atoms with E-state index in [2.05, 4.69) is 24.1 Å². The molecule has 2 rings (SSSR count). The summed E-state index contributed by atoms with van der Waals surface area (Å²) >= 11 is 0. The van der Waals surface area contributed by atoms with Gasteiger partial charge < -0.3 is 10.2 Å². The number of benzene rings is 1. The van der Waals surface area contributed by atoms with Crippen molar-refractivity contribution in [2.45, 2.75) is 39.2 Å². The highest BCUT2D eigenvalue weighted by Gasteiger charge is 2.18. The fraction of sp³-hybridized carbons (Fsp3) is 0.600. The second-order valence-electron chi connectivity index (χ2n) is 5.33. The van der Waals surface area contributed by atoms with Crippen molar-refractivity contribution in [1.29, 1.82) is 0 Å². The molecule has 0 unspecified atom stereocenters. The molecular formula is C15H23FN2. The van der Waals surface area contributed by atoms with E-state index in [1.54, 1.807) is 12.1 Å². The van der Waals surface area contributed by atoms with Crippen molar-refractivity contribution >= 4 is 5.69 Å². The lowest BCUT2D eigenvalue weighted by Crippen LogP contribution is -2.26. The highest BCUT2D eigenvalue weighted by molar-refractivity contribution is 5.57. The van der Waals surface area contributed by atoms with E-state index in [9.17, 15) is 4.39 Å². The third kappa shape index (κ3) is 3.45. The molecule has 1 aromatic rings. The van der Waals surface area contributed by atoms with Crippen LogP contribution in [0.25, 0.3) is 0 Å². The molecular weight excluding hydrogens is 227 g/mol. The molecule has 0 aliphatic carbocycles. The zero-order valence-electron chi connectivity index (χ0n) is 11.4. The van der Waals surface area contributed by atoms with Gasteiger partial charge in [0, 0.05) is 24.8 Å². The lowest BCUT2D eigenvalue weighted by Gasteiger charge is -2.19. The van der Waals surface area contributed by atoms with E-state index < -0.39 is 0 Å². The Balaban J connectivity index is 1.77. The SMILES string of the molecule is CC(C)NCCCCN1CCc2ccc(F)cc21. The molecule has 0 fully saturated rings. The molecule has 18 heavy (non-hydrogen) atoms. The van der Waals surface area contributed by atoms with E-state index in [4.69, 9.17) is 0 Å². The zero-order valence-corrected chi connectivity index (χ0v) is 11.4. The molecule has 0 bridgehead atoms. The number of anilines is 1. The number of hydrogen-bond donors (Lipinski definition) is 1. The molecule has 0 amide bonds. The van der Waals surface area contributed by atoms with Gasteiger partial charge in [-0.1, -0.05) is 19.9 Å². The van der Waals surface area contributed by atoms with E-state index in [1.807, 2.05) is 6.07 Å². The van der Waals surface area contributed by atoms with Crippen LogP contribution in [0, 0.1) is 5.82 Å². The molecule has 0 radical (unpaired) electrons. The molecule has 1 aliphatic rings. The van der Waals surface area contributed by atoms with Gasteiger partial charge in [0.15, 0.2) is 0 Å². The van der Waals surface area contributed by atoms with Crippen LogP contribution in [-0.2, 0) is 6.42 Å². The van der Waals surface area contributed by atoms with Crippen LogP contribution in [0.15, 0.2) is 18.2 Å². The predicted molar refractivity (Wildman–Crippen MR) is 74.7 cm³/mol. The molecule has 1 aromatic carbocycles. The van der Waals surface area contributed by atoms with E-state index in [0.29, 0.717) is 6.04 Å². The first kappa shape index (κ1) is 13.3. The number of rotatable bonds is 6. The summed E-state index contributed by atoms with van der Waals surface area (Å²) in [4.78, 5) is 2.31. The number of nitrogens with one attached hydrogen (secondary N) is 1. The van der Waals surface area contributed by atoms with Crippen LogP contribution in [0.1, 0.15) is 32.3 Å². The summed E-state index contributed by atoms with van der Waals surface area (Å²) in [6, 6.07) is 5.72. The molecule has 1 heterocycles. The van der Waals surface area contributed by atoms with E-state index >= 15 is 0 Å². The van der Waals surface area contributed by atoms with Crippen LogP contribution >= 0.6 is 0 Å². The third-order valence-electron chi connectivity index (χ3n) is 3.45. The maximum absolute atomic E-state index is 13.2. The first-order valence-electron chi connectivity index (χ1n) is 6.93. The fourth-order valence-electron chi connectivity index (χ4n) is 2.47. The van der Waals surface area contributed by atoms with Gasteiger partial charge in [0.1, 0.15) is 5.82 Å². The molecule has 3 heteroatoms. The van der Waals surface area contributed by atoms with Gasteiger partial charge in [-0.3, -0.25) is 0 Å². The Hall–Kier alpha value is -1.09. The summed E-state index contributed by atoms with van der Waals surface area (Å²) in [7, 11) is 0. The number of unbranched alkanes of at least 4 members (excludes halogenated alkanes) is 1. The smallest absolute Gasteiger partial charge is 0.125 e. The molecule has 0 atom stereocenters. The van der Waals surface area contributed by atoms with Gasteiger partial charge in [0.05, 0.1) is 0 Å². The van der Waals surface area contributed by atoms with E-state index in [1.165, 1.54) is 12.0 Å². The number of hydrogen-bond acceptors (Lipinski definition) is 2. The Kier molecular flexibility index (Phi) is 4.59. The van der Waals surface area contributed by atoms with Gasteiger partial charge in [-0.15, -0.1) is 0 Å². The molecule has 0 saturated heterocycles. The van der Waals surface area contributed by atoms with Crippen molar-refractivity contribution in [3.05, 3.63) is 29.6 Å². The fourth-order valence-corrected chi connectivity index (χ4v) is 2.47. The van der Waals surface area contributed by atoms with Crippen LogP contribution in [-0.4, -0.2) is 25.7 Å². The molecule has 100 valence electrons.